The molecule has 0 bridgehead atoms. The first-order chi connectivity index (χ1) is 12.6. The van der Waals surface area contributed by atoms with Gasteiger partial charge in [-0.15, -0.1) is 0 Å². The van der Waals surface area contributed by atoms with Gasteiger partial charge in [0.1, 0.15) is 5.82 Å². The molecule has 4 nitrogen and oxygen atoms in total. The molecule has 128 valence electrons. The van der Waals surface area contributed by atoms with Crippen molar-refractivity contribution in [2.24, 2.45) is 12.8 Å². The number of halogens is 1. The number of aryl methyl sites for hydroxylation is 2. The van der Waals surface area contributed by atoms with Crippen LogP contribution < -0.4 is 5.73 Å². The predicted octanol–water partition coefficient (Wildman–Crippen LogP) is 4.33. The van der Waals surface area contributed by atoms with E-state index >= 15 is 0 Å². The molecule has 0 aliphatic carbocycles. The molecule has 2 aromatic heterocycles. The minimum absolute atomic E-state index is 0.285. The quantitative estimate of drug-likeness (QED) is 0.460. The molecule has 0 saturated carbocycles. The SMILES string of the molecule is Cc1cc(CN)cc2c3cnc4cc(F)ccc4c3c3c(ncn3C)c12. The lowest BCUT2D eigenvalue weighted by molar-refractivity contribution is 0.629. The summed E-state index contributed by atoms with van der Waals surface area (Å²) < 4.78 is 15.7. The van der Waals surface area contributed by atoms with Crippen molar-refractivity contribution in [1.82, 2.24) is 14.5 Å². The number of imidazole rings is 1. The number of hydrogen-bond donors (Lipinski definition) is 1. The summed E-state index contributed by atoms with van der Waals surface area (Å²) in [6.45, 7) is 2.57. The minimum atomic E-state index is -0.285. The molecular formula is C21H17FN4. The number of nitrogens with zero attached hydrogens (tertiary/aromatic N) is 3. The lowest BCUT2D eigenvalue weighted by atomic mass is 9.94. The van der Waals surface area contributed by atoms with Gasteiger partial charge in [-0.3, -0.25) is 4.98 Å². The fourth-order valence-corrected chi connectivity index (χ4v) is 4.04. The Morgan fingerprint density at radius 3 is 2.69 bits per heavy atom. The molecule has 2 heterocycles. The predicted molar refractivity (Wildman–Crippen MR) is 104 cm³/mol. The van der Waals surface area contributed by atoms with Gasteiger partial charge < -0.3 is 10.3 Å². The van der Waals surface area contributed by atoms with Crippen molar-refractivity contribution >= 4 is 43.5 Å². The lowest BCUT2D eigenvalue weighted by Crippen LogP contribution is -1.98. The third-order valence-corrected chi connectivity index (χ3v) is 5.16. The van der Waals surface area contributed by atoms with Crippen LogP contribution in [0.25, 0.3) is 43.5 Å². The molecule has 0 aliphatic heterocycles. The summed E-state index contributed by atoms with van der Waals surface area (Å²) in [5, 5.41) is 5.22. The van der Waals surface area contributed by atoms with Crippen molar-refractivity contribution in [2.75, 3.05) is 0 Å². The zero-order valence-electron chi connectivity index (χ0n) is 14.5. The Hall–Kier alpha value is -3.05. The fourth-order valence-electron chi connectivity index (χ4n) is 4.04. The Kier molecular flexibility index (Phi) is 3.06. The van der Waals surface area contributed by atoms with E-state index < -0.39 is 0 Å². The van der Waals surface area contributed by atoms with Crippen molar-refractivity contribution in [3.63, 3.8) is 0 Å². The molecule has 5 rings (SSSR count). The Balaban J connectivity index is 2.16. The van der Waals surface area contributed by atoms with Gasteiger partial charge in [-0.25, -0.2) is 9.37 Å². The maximum absolute atomic E-state index is 13.7. The number of rotatable bonds is 1. The van der Waals surface area contributed by atoms with E-state index in [1.165, 1.54) is 12.1 Å². The van der Waals surface area contributed by atoms with Crippen molar-refractivity contribution in [3.8, 4) is 0 Å². The third kappa shape index (κ3) is 1.92. The second kappa shape index (κ2) is 5.22. The van der Waals surface area contributed by atoms with Gasteiger partial charge in [0.25, 0.3) is 0 Å². The van der Waals surface area contributed by atoms with Crippen molar-refractivity contribution in [3.05, 3.63) is 59.8 Å². The number of benzene rings is 3. The highest BCUT2D eigenvalue weighted by molar-refractivity contribution is 6.29. The molecule has 0 fully saturated rings. The standard InChI is InChI=1S/C21H17FN4/c1-11-5-12(8-23)6-15-16-9-24-17-7-13(22)3-4-14(17)19(16)21-20(18(11)15)25-10-26(21)2/h3-7,9-10H,8,23H2,1-2H3. The van der Waals surface area contributed by atoms with Crippen LogP contribution in [0.5, 0.6) is 0 Å². The van der Waals surface area contributed by atoms with Gasteiger partial charge in [0.05, 0.1) is 22.9 Å². The van der Waals surface area contributed by atoms with E-state index in [2.05, 4.69) is 29.0 Å². The highest BCUT2D eigenvalue weighted by Gasteiger charge is 2.17. The molecule has 0 aliphatic rings. The van der Waals surface area contributed by atoms with Crippen LogP contribution in [-0.4, -0.2) is 14.5 Å². The number of hydrogen-bond acceptors (Lipinski definition) is 3. The van der Waals surface area contributed by atoms with Crippen molar-refractivity contribution in [2.45, 2.75) is 13.5 Å². The molecule has 0 saturated heterocycles. The minimum Gasteiger partial charge on any atom is -0.333 e. The van der Waals surface area contributed by atoms with Crippen LogP contribution >= 0.6 is 0 Å². The van der Waals surface area contributed by atoms with E-state index in [1.54, 1.807) is 6.07 Å². The molecule has 0 unspecified atom stereocenters. The largest absolute Gasteiger partial charge is 0.333 e. The summed E-state index contributed by atoms with van der Waals surface area (Å²) in [4.78, 5) is 9.20. The molecule has 0 radical (unpaired) electrons. The second-order valence-electron chi connectivity index (χ2n) is 6.80. The van der Waals surface area contributed by atoms with E-state index in [9.17, 15) is 4.39 Å². The number of nitrogens with two attached hydrogens (primary N) is 1. The average Bonchev–Trinajstić information content (AvgIpc) is 3.02. The molecule has 3 aromatic carbocycles. The number of aromatic nitrogens is 3. The van der Waals surface area contributed by atoms with Gasteiger partial charge >= 0.3 is 0 Å². The number of pyridine rings is 1. The summed E-state index contributed by atoms with van der Waals surface area (Å²) in [6.07, 6.45) is 3.67. The molecular weight excluding hydrogens is 327 g/mol. The van der Waals surface area contributed by atoms with Gasteiger partial charge in [-0.2, -0.15) is 0 Å². The lowest BCUT2D eigenvalue weighted by Gasteiger charge is -2.13. The molecule has 2 N–H and O–H groups in total. The molecule has 0 spiro atoms. The Morgan fingerprint density at radius 1 is 1.04 bits per heavy atom. The Labute approximate surface area is 149 Å². The molecule has 26 heavy (non-hydrogen) atoms. The van der Waals surface area contributed by atoms with Gasteiger partial charge in [0, 0.05) is 47.4 Å². The van der Waals surface area contributed by atoms with Crippen LogP contribution in [0.3, 0.4) is 0 Å². The Bertz CT molecular complexity index is 1350. The highest BCUT2D eigenvalue weighted by atomic mass is 19.1. The topological polar surface area (TPSA) is 56.7 Å². The van der Waals surface area contributed by atoms with Gasteiger partial charge in [0.2, 0.25) is 0 Å². The van der Waals surface area contributed by atoms with E-state index in [4.69, 9.17) is 5.73 Å². The first-order valence-corrected chi connectivity index (χ1v) is 8.52. The van der Waals surface area contributed by atoms with E-state index in [1.807, 2.05) is 24.1 Å². The summed E-state index contributed by atoms with van der Waals surface area (Å²) in [5.74, 6) is -0.285. The normalized spacial score (nSPS) is 12.0. The molecule has 0 atom stereocenters. The van der Waals surface area contributed by atoms with Crippen LogP contribution in [0.1, 0.15) is 11.1 Å². The molecule has 5 aromatic rings. The second-order valence-corrected chi connectivity index (χ2v) is 6.80. The zero-order valence-corrected chi connectivity index (χ0v) is 14.5. The van der Waals surface area contributed by atoms with Crippen molar-refractivity contribution < 1.29 is 4.39 Å². The van der Waals surface area contributed by atoms with Crippen LogP contribution in [-0.2, 0) is 13.6 Å². The van der Waals surface area contributed by atoms with E-state index in [0.29, 0.717) is 12.1 Å². The summed E-state index contributed by atoms with van der Waals surface area (Å²) >= 11 is 0. The summed E-state index contributed by atoms with van der Waals surface area (Å²) in [7, 11) is 1.99. The van der Waals surface area contributed by atoms with E-state index in [0.717, 1.165) is 49.1 Å². The summed E-state index contributed by atoms with van der Waals surface area (Å²) in [5.41, 5.74) is 10.8. The van der Waals surface area contributed by atoms with E-state index in [-0.39, 0.29) is 5.82 Å². The molecule has 0 amide bonds. The summed E-state index contributed by atoms with van der Waals surface area (Å²) in [6, 6.07) is 9.00. The zero-order chi connectivity index (χ0) is 18.0. The van der Waals surface area contributed by atoms with Gasteiger partial charge in [-0.1, -0.05) is 6.07 Å². The number of fused-ring (bicyclic) bond motifs is 8. The average molecular weight is 344 g/mol. The van der Waals surface area contributed by atoms with Gasteiger partial charge in [-0.05, 0) is 41.6 Å². The van der Waals surface area contributed by atoms with Crippen molar-refractivity contribution in [1.29, 1.82) is 0 Å². The van der Waals surface area contributed by atoms with Crippen LogP contribution in [0.2, 0.25) is 0 Å². The first-order valence-electron chi connectivity index (χ1n) is 8.52. The maximum Gasteiger partial charge on any atom is 0.125 e. The first kappa shape index (κ1) is 15.2. The van der Waals surface area contributed by atoms with Crippen LogP contribution in [0.4, 0.5) is 4.39 Å². The van der Waals surface area contributed by atoms with Crippen LogP contribution in [0.15, 0.2) is 42.9 Å². The third-order valence-electron chi connectivity index (χ3n) is 5.16. The fraction of sp³-hybridized carbons (Fsp3) is 0.143. The van der Waals surface area contributed by atoms with Crippen LogP contribution in [0, 0.1) is 12.7 Å². The smallest absolute Gasteiger partial charge is 0.125 e. The maximum atomic E-state index is 13.7. The molecule has 5 heteroatoms. The Morgan fingerprint density at radius 2 is 1.88 bits per heavy atom. The van der Waals surface area contributed by atoms with Gasteiger partial charge in [0.15, 0.2) is 0 Å². The monoisotopic (exact) mass is 344 g/mol. The highest BCUT2D eigenvalue weighted by Crippen LogP contribution is 2.39.